The summed E-state index contributed by atoms with van der Waals surface area (Å²) in [4.78, 5) is 14.4. The van der Waals surface area contributed by atoms with Crippen molar-refractivity contribution in [1.29, 1.82) is 0 Å². The number of non-ortho nitro benzene ring substituents is 1. The van der Waals surface area contributed by atoms with E-state index >= 15 is 0 Å². The van der Waals surface area contributed by atoms with Crippen LogP contribution < -0.4 is 5.32 Å². The van der Waals surface area contributed by atoms with Gasteiger partial charge in [-0.25, -0.2) is 4.99 Å². The summed E-state index contributed by atoms with van der Waals surface area (Å²) in [6.45, 7) is 3.15. The van der Waals surface area contributed by atoms with E-state index in [1.165, 1.54) is 6.07 Å². The van der Waals surface area contributed by atoms with Gasteiger partial charge in [0.25, 0.3) is 11.7 Å². The van der Waals surface area contributed by atoms with Crippen molar-refractivity contribution in [3.05, 3.63) is 39.9 Å². The number of rotatable bonds is 3. The first kappa shape index (κ1) is 11.4. The molecular weight excluding hydrogens is 222 g/mol. The Hall–Kier alpha value is -2.11. The van der Waals surface area contributed by atoms with Crippen LogP contribution in [0.25, 0.3) is 0 Å². The normalized spacial score (nSPS) is 15.9. The van der Waals surface area contributed by atoms with Crippen molar-refractivity contribution in [2.75, 3.05) is 13.2 Å². The zero-order valence-electron chi connectivity index (χ0n) is 9.42. The van der Waals surface area contributed by atoms with E-state index in [2.05, 4.69) is 10.3 Å². The highest BCUT2D eigenvalue weighted by Gasteiger charge is 2.14. The largest absolute Gasteiger partial charge is 0.463 e. The quantitative estimate of drug-likeness (QED) is 0.638. The van der Waals surface area contributed by atoms with Gasteiger partial charge in [0.05, 0.1) is 17.5 Å². The number of hydrogen-bond acceptors (Lipinski definition) is 5. The van der Waals surface area contributed by atoms with Crippen LogP contribution in [-0.4, -0.2) is 24.1 Å². The van der Waals surface area contributed by atoms with Gasteiger partial charge in [-0.15, -0.1) is 0 Å². The second-order valence-electron chi connectivity index (χ2n) is 3.75. The van der Waals surface area contributed by atoms with Gasteiger partial charge in [-0.1, -0.05) is 12.1 Å². The number of nitrogens with zero attached hydrogens (tertiary/aromatic N) is 2. The zero-order valence-corrected chi connectivity index (χ0v) is 9.42. The van der Waals surface area contributed by atoms with Gasteiger partial charge in [0, 0.05) is 12.1 Å². The lowest BCUT2D eigenvalue weighted by Crippen LogP contribution is -2.26. The summed E-state index contributed by atoms with van der Waals surface area (Å²) in [6, 6.07) is 6.95. The third-order valence-electron chi connectivity index (χ3n) is 2.51. The summed E-state index contributed by atoms with van der Waals surface area (Å²) in [5.41, 5.74) is 0.919. The van der Waals surface area contributed by atoms with Crippen molar-refractivity contribution in [1.82, 2.24) is 5.32 Å². The summed E-state index contributed by atoms with van der Waals surface area (Å²) >= 11 is 0. The standard InChI is InChI=1S/C11H13N3O3/c1-8(13-11-12-5-6-17-11)9-3-2-4-10(7-9)14(15)16/h2-4,7-8H,5-6H2,1H3,(H,12,13)/t8-/m0/s1. The van der Waals surface area contributed by atoms with Gasteiger partial charge in [0.2, 0.25) is 0 Å². The fourth-order valence-corrected chi connectivity index (χ4v) is 1.60. The number of ether oxygens (including phenoxy) is 1. The second kappa shape index (κ2) is 4.82. The molecule has 1 atom stereocenters. The Morgan fingerprint density at radius 1 is 1.59 bits per heavy atom. The van der Waals surface area contributed by atoms with Crippen LogP contribution in [0.15, 0.2) is 29.3 Å². The van der Waals surface area contributed by atoms with Crippen molar-refractivity contribution in [3.8, 4) is 0 Å². The first-order valence-electron chi connectivity index (χ1n) is 5.35. The van der Waals surface area contributed by atoms with Crippen molar-refractivity contribution in [3.63, 3.8) is 0 Å². The Morgan fingerprint density at radius 3 is 3.06 bits per heavy atom. The van der Waals surface area contributed by atoms with Crippen LogP contribution in [-0.2, 0) is 4.74 Å². The van der Waals surface area contributed by atoms with Crippen molar-refractivity contribution in [2.45, 2.75) is 13.0 Å². The Balaban J connectivity index is 2.10. The lowest BCUT2D eigenvalue weighted by atomic mass is 10.1. The molecule has 17 heavy (non-hydrogen) atoms. The molecule has 0 saturated carbocycles. The number of nitrogens with one attached hydrogen (secondary N) is 1. The maximum Gasteiger partial charge on any atom is 0.285 e. The number of benzene rings is 1. The van der Waals surface area contributed by atoms with Crippen molar-refractivity contribution >= 4 is 11.7 Å². The SMILES string of the molecule is C[C@H](NC1=NCCO1)c1cccc([N+](=O)[O-])c1. The summed E-state index contributed by atoms with van der Waals surface area (Å²) in [7, 11) is 0. The molecular formula is C11H13N3O3. The lowest BCUT2D eigenvalue weighted by Gasteiger charge is -2.14. The molecule has 1 aliphatic heterocycles. The molecule has 0 aliphatic carbocycles. The van der Waals surface area contributed by atoms with Crippen LogP contribution >= 0.6 is 0 Å². The summed E-state index contributed by atoms with van der Waals surface area (Å²) in [5.74, 6) is 0. The fraction of sp³-hybridized carbons (Fsp3) is 0.364. The molecule has 1 heterocycles. The van der Waals surface area contributed by atoms with Gasteiger partial charge in [-0.2, -0.15) is 0 Å². The highest BCUT2D eigenvalue weighted by Crippen LogP contribution is 2.19. The van der Waals surface area contributed by atoms with Crippen LogP contribution in [0.4, 0.5) is 5.69 Å². The maximum absolute atomic E-state index is 10.7. The van der Waals surface area contributed by atoms with Gasteiger partial charge < -0.3 is 10.1 Å². The molecule has 90 valence electrons. The number of nitro groups is 1. The highest BCUT2D eigenvalue weighted by atomic mass is 16.6. The van der Waals surface area contributed by atoms with E-state index in [4.69, 9.17) is 4.74 Å². The maximum atomic E-state index is 10.7. The van der Waals surface area contributed by atoms with Gasteiger partial charge >= 0.3 is 0 Å². The molecule has 0 spiro atoms. The predicted molar refractivity (Wildman–Crippen MR) is 62.9 cm³/mol. The van der Waals surface area contributed by atoms with Crippen LogP contribution in [0.3, 0.4) is 0 Å². The number of hydrogen-bond donors (Lipinski definition) is 1. The Kier molecular flexibility index (Phi) is 3.22. The lowest BCUT2D eigenvalue weighted by molar-refractivity contribution is -0.384. The molecule has 0 bridgehead atoms. The summed E-state index contributed by atoms with van der Waals surface area (Å²) in [6.07, 6.45) is 0. The van der Waals surface area contributed by atoms with E-state index in [1.54, 1.807) is 12.1 Å². The monoisotopic (exact) mass is 235 g/mol. The molecule has 0 radical (unpaired) electrons. The highest BCUT2D eigenvalue weighted by molar-refractivity contribution is 5.75. The first-order chi connectivity index (χ1) is 8.16. The molecule has 6 nitrogen and oxygen atoms in total. The van der Waals surface area contributed by atoms with Gasteiger partial charge in [0.15, 0.2) is 0 Å². The summed E-state index contributed by atoms with van der Waals surface area (Å²) < 4.78 is 5.23. The number of nitro benzene ring substituents is 1. The average molecular weight is 235 g/mol. The Labute approximate surface area is 98.5 Å². The van der Waals surface area contributed by atoms with Crippen LogP contribution in [0.2, 0.25) is 0 Å². The average Bonchev–Trinajstić information content (AvgIpc) is 2.82. The van der Waals surface area contributed by atoms with E-state index in [9.17, 15) is 10.1 Å². The van der Waals surface area contributed by atoms with Gasteiger partial charge in [-0.05, 0) is 12.5 Å². The minimum Gasteiger partial charge on any atom is -0.463 e. The smallest absolute Gasteiger partial charge is 0.285 e. The van der Waals surface area contributed by atoms with E-state index in [0.717, 1.165) is 5.56 Å². The van der Waals surface area contributed by atoms with Crippen LogP contribution in [0.5, 0.6) is 0 Å². The van der Waals surface area contributed by atoms with E-state index < -0.39 is 4.92 Å². The van der Waals surface area contributed by atoms with Gasteiger partial charge in [-0.3, -0.25) is 10.1 Å². The topological polar surface area (TPSA) is 76.8 Å². The molecule has 0 saturated heterocycles. The molecule has 1 aromatic rings. The third kappa shape index (κ3) is 2.72. The molecule has 2 rings (SSSR count). The molecule has 6 heteroatoms. The van der Waals surface area contributed by atoms with Crippen molar-refractivity contribution in [2.24, 2.45) is 4.99 Å². The van der Waals surface area contributed by atoms with E-state index in [0.29, 0.717) is 19.2 Å². The fourth-order valence-electron chi connectivity index (χ4n) is 1.60. The van der Waals surface area contributed by atoms with E-state index in [1.807, 2.05) is 13.0 Å². The number of aliphatic imine (C=N–C) groups is 1. The Morgan fingerprint density at radius 2 is 2.41 bits per heavy atom. The molecule has 0 unspecified atom stereocenters. The Bertz CT molecular complexity index is 459. The second-order valence-corrected chi connectivity index (χ2v) is 3.75. The molecule has 1 aliphatic rings. The zero-order chi connectivity index (χ0) is 12.3. The molecule has 1 aromatic carbocycles. The van der Waals surface area contributed by atoms with Crippen LogP contribution in [0.1, 0.15) is 18.5 Å². The summed E-state index contributed by atoms with van der Waals surface area (Å²) in [5, 5.41) is 13.7. The first-order valence-corrected chi connectivity index (χ1v) is 5.35. The molecule has 0 fully saturated rings. The van der Waals surface area contributed by atoms with Crippen LogP contribution in [0, 0.1) is 10.1 Å². The minimum absolute atomic E-state index is 0.0771. The molecule has 0 amide bonds. The molecule has 1 N–H and O–H groups in total. The number of amidine groups is 1. The van der Waals surface area contributed by atoms with Gasteiger partial charge in [0.1, 0.15) is 6.61 Å². The van der Waals surface area contributed by atoms with Crippen molar-refractivity contribution < 1.29 is 9.66 Å². The minimum atomic E-state index is -0.403. The third-order valence-corrected chi connectivity index (χ3v) is 2.51. The predicted octanol–water partition coefficient (Wildman–Crippen LogP) is 1.63. The van der Waals surface area contributed by atoms with E-state index in [-0.39, 0.29) is 11.7 Å². The molecule has 0 aromatic heterocycles.